The van der Waals surface area contributed by atoms with Gasteiger partial charge in [-0.2, -0.15) is 0 Å². The van der Waals surface area contributed by atoms with Gasteiger partial charge in [-0.15, -0.1) is 0 Å². The van der Waals surface area contributed by atoms with Crippen molar-refractivity contribution >= 4 is 11.1 Å². The van der Waals surface area contributed by atoms with E-state index < -0.39 is 0 Å². The molecule has 0 atom stereocenters. The maximum absolute atomic E-state index is 5.95. The zero-order valence-corrected chi connectivity index (χ0v) is 10.8. The number of oxazole rings is 1. The van der Waals surface area contributed by atoms with Crippen molar-refractivity contribution in [2.24, 2.45) is 5.73 Å². The van der Waals surface area contributed by atoms with E-state index in [1.807, 2.05) is 19.9 Å². The summed E-state index contributed by atoms with van der Waals surface area (Å²) in [6.45, 7) is 6.18. The zero-order chi connectivity index (χ0) is 12.5. The molecule has 0 fully saturated rings. The van der Waals surface area contributed by atoms with Crippen molar-refractivity contribution in [1.82, 2.24) is 4.98 Å². The Labute approximate surface area is 102 Å². The summed E-state index contributed by atoms with van der Waals surface area (Å²) in [6.07, 6.45) is 2.69. The van der Waals surface area contributed by atoms with E-state index in [-0.39, 0.29) is 5.54 Å². The minimum absolute atomic E-state index is 0.171. The molecule has 1 aromatic carbocycles. The van der Waals surface area contributed by atoms with Crippen LogP contribution in [0, 0.1) is 0 Å². The lowest BCUT2D eigenvalue weighted by atomic mass is 10.0. The average molecular weight is 232 g/mol. The van der Waals surface area contributed by atoms with Gasteiger partial charge in [0.05, 0.1) is 0 Å². The lowest BCUT2D eigenvalue weighted by Gasteiger charge is -2.16. The van der Waals surface area contributed by atoms with Gasteiger partial charge in [0.1, 0.15) is 5.52 Å². The topological polar surface area (TPSA) is 52.0 Å². The molecule has 3 heteroatoms. The Hall–Kier alpha value is -1.35. The van der Waals surface area contributed by atoms with E-state index in [1.165, 1.54) is 5.56 Å². The minimum Gasteiger partial charge on any atom is -0.441 e. The lowest BCUT2D eigenvalue weighted by molar-refractivity contribution is 0.435. The predicted molar refractivity (Wildman–Crippen MR) is 70.0 cm³/mol. The third-order valence-electron chi connectivity index (χ3n) is 2.89. The molecule has 0 aliphatic heterocycles. The van der Waals surface area contributed by atoms with E-state index in [9.17, 15) is 0 Å². The molecule has 17 heavy (non-hydrogen) atoms. The molecule has 0 aliphatic carbocycles. The summed E-state index contributed by atoms with van der Waals surface area (Å²) in [5.74, 6) is 0.784. The molecule has 0 saturated carbocycles. The number of fused-ring (bicyclic) bond motifs is 1. The van der Waals surface area contributed by atoms with Gasteiger partial charge in [0.15, 0.2) is 11.5 Å². The van der Waals surface area contributed by atoms with Gasteiger partial charge in [0.25, 0.3) is 0 Å². The van der Waals surface area contributed by atoms with Gasteiger partial charge in [-0.25, -0.2) is 4.98 Å². The second-order valence-electron chi connectivity index (χ2n) is 5.25. The molecule has 2 rings (SSSR count). The number of hydrogen-bond donors (Lipinski definition) is 1. The maximum atomic E-state index is 5.95. The van der Waals surface area contributed by atoms with Gasteiger partial charge in [0, 0.05) is 12.0 Å². The van der Waals surface area contributed by atoms with Crippen molar-refractivity contribution < 1.29 is 4.42 Å². The van der Waals surface area contributed by atoms with E-state index in [1.54, 1.807) is 0 Å². The summed E-state index contributed by atoms with van der Waals surface area (Å²) in [6, 6.07) is 6.18. The summed E-state index contributed by atoms with van der Waals surface area (Å²) < 4.78 is 5.70. The van der Waals surface area contributed by atoms with Crippen molar-refractivity contribution in [3.63, 3.8) is 0 Å². The molecule has 0 amide bonds. The number of aryl methyl sites for hydroxylation is 2. The monoisotopic (exact) mass is 232 g/mol. The Balaban J connectivity index is 2.20. The first-order valence-electron chi connectivity index (χ1n) is 6.15. The smallest absolute Gasteiger partial charge is 0.195 e. The molecule has 0 aliphatic rings. The lowest BCUT2D eigenvalue weighted by Crippen LogP contribution is -2.32. The molecule has 0 radical (unpaired) electrons. The molecule has 1 heterocycles. The van der Waals surface area contributed by atoms with Crippen LogP contribution >= 0.6 is 0 Å². The Morgan fingerprint density at radius 2 is 2.12 bits per heavy atom. The molecule has 0 saturated heterocycles. The molecule has 2 N–H and O–H groups in total. The molecule has 1 aromatic heterocycles. The highest BCUT2D eigenvalue weighted by atomic mass is 16.3. The number of nitrogens with two attached hydrogens (primary N) is 1. The summed E-state index contributed by atoms with van der Waals surface area (Å²) in [4.78, 5) is 4.50. The Morgan fingerprint density at radius 3 is 2.76 bits per heavy atom. The molecule has 3 nitrogen and oxygen atoms in total. The highest BCUT2D eigenvalue weighted by molar-refractivity contribution is 5.73. The zero-order valence-electron chi connectivity index (χ0n) is 10.8. The van der Waals surface area contributed by atoms with Crippen LogP contribution in [0.3, 0.4) is 0 Å². The normalized spacial score (nSPS) is 12.2. The van der Waals surface area contributed by atoms with Crippen LogP contribution in [-0.4, -0.2) is 10.5 Å². The van der Waals surface area contributed by atoms with Crippen LogP contribution in [0.4, 0.5) is 0 Å². The summed E-state index contributed by atoms with van der Waals surface area (Å²) in [7, 11) is 0. The van der Waals surface area contributed by atoms with E-state index >= 15 is 0 Å². The standard InChI is InChI=1S/C14H20N2O/c1-4-10-5-6-12-11(9-10)16-13(17-12)7-8-14(2,3)15/h5-6,9H,4,7-8,15H2,1-3H3. The van der Waals surface area contributed by atoms with Crippen molar-refractivity contribution in [1.29, 1.82) is 0 Å². The summed E-state index contributed by atoms with van der Waals surface area (Å²) in [5.41, 5.74) is 8.89. The van der Waals surface area contributed by atoms with Crippen LogP contribution in [0.5, 0.6) is 0 Å². The van der Waals surface area contributed by atoms with Gasteiger partial charge in [-0.1, -0.05) is 13.0 Å². The molecular formula is C14H20N2O. The fourth-order valence-electron chi connectivity index (χ4n) is 1.78. The van der Waals surface area contributed by atoms with Crippen LogP contribution < -0.4 is 5.73 Å². The molecule has 0 bridgehead atoms. The molecule has 0 spiro atoms. The first-order chi connectivity index (χ1) is 7.98. The highest BCUT2D eigenvalue weighted by Gasteiger charge is 2.13. The van der Waals surface area contributed by atoms with Gasteiger partial charge in [0.2, 0.25) is 0 Å². The molecule has 92 valence electrons. The number of hydrogen-bond acceptors (Lipinski definition) is 3. The van der Waals surface area contributed by atoms with Crippen molar-refractivity contribution in [2.75, 3.05) is 0 Å². The van der Waals surface area contributed by atoms with Crippen molar-refractivity contribution in [2.45, 2.75) is 45.6 Å². The van der Waals surface area contributed by atoms with Gasteiger partial charge >= 0.3 is 0 Å². The van der Waals surface area contributed by atoms with E-state index in [4.69, 9.17) is 10.2 Å². The van der Waals surface area contributed by atoms with Crippen LogP contribution in [0.1, 0.15) is 38.6 Å². The SMILES string of the molecule is CCc1ccc2oc(CCC(C)(C)N)nc2c1. The Morgan fingerprint density at radius 1 is 1.35 bits per heavy atom. The number of benzene rings is 1. The second kappa shape index (κ2) is 4.49. The van der Waals surface area contributed by atoms with E-state index in [2.05, 4.69) is 24.0 Å². The third kappa shape index (κ3) is 3.07. The Kier molecular flexibility index (Phi) is 3.20. The largest absolute Gasteiger partial charge is 0.441 e. The summed E-state index contributed by atoms with van der Waals surface area (Å²) >= 11 is 0. The Bertz CT molecular complexity index is 508. The van der Waals surface area contributed by atoms with Gasteiger partial charge < -0.3 is 10.2 Å². The first kappa shape index (κ1) is 12.1. The minimum atomic E-state index is -0.171. The number of aromatic nitrogens is 1. The quantitative estimate of drug-likeness (QED) is 0.881. The van der Waals surface area contributed by atoms with E-state index in [0.717, 1.165) is 36.3 Å². The maximum Gasteiger partial charge on any atom is 0.195 e. The van der Waals surface area contributed by atoms with Crippen molar-refractivity contribution in [3.8, 4) is 0 Å². The highest BCUT2D eigenvalue weighted by Crippen LogP contribution is 2.19. The number of rotatable bonds is 4. The first-order valence-corrected chi connectivity index (χ1v) is 6.15. The number of nitrogens with zero attached hydrogens (tertiary/aromatic N) is 1. The van der Waals surface area contributed by atoms with E-state index in [0.29, 0.717) is 0 Å². The van der Waals surface area contributed by atoms with Crippen molar-refractivity contribution in [3.05, 3.63) is 29.7 Å². The van der Waals surface area contributed by atoms with Crippen LogP contribution in [-0.2, 0) is 12.8 Å². The molecule has 0 unspecified atom stereocenters. The van der Waals surface area contributed by atoms with Gasteiger partial charge in [-0.3, -0.25) is 0 Å². The predicted octanol–water partition coefficient (Wildman–Crippen LogP) is 3.06. The van der Waals surface area contributed by atoms with Crippen LogP contribution in [0.2, 0.25) is 0 Å². The van der Waals surface area contributed by atoms with Crippen LogP contribution in [0.25, 0.3) is 11.1 Å². The second-order valence-corrected chi connectivity index (χ2v) is 5.25. The average Bonchev–Trinajstić information content (AvgIpc) is 2.66. The fraction of sp³-hybridized carbons (Fsp3) is 0.500. The molecule has 2 aromatic rings. The van der Waals surface area contributed by atoms with Crippen LogP contribution in [0.15, 0.2) is 22.6 Å². The van der Waals surface area contributed by atoms with Gasteiger partial charge in [-0.05, 0) is 44.4 Å². The fourth-order valence-corrected chi connectivity index (χ4v) is 1.78. The summed E-state index contributed by atoms with van der Waals surface area (Å²) in [5, 5.41) is 0. The molecular weight excluding hydrogens is 212 g/mol. The third-order valence-corrected chi connectivity index (χ3v) is 2.89.